The third kappa shape index (κ3) is 5.91. The largest absolute Gasteiger partial charge is 0.493 e. The Hall–Kier alpha value is -3.91. The zero-order valence-electron chi connectivity index (χ0n) is 21.6. The molecule has 2 aromatic heterocycles. The number of aromatic amines is 1. The summed E-state index contributed by atoms with van der Waals surface area (Å²) >= 11 is 0. The molecule has 3 heterocycles. The number of hydrogen-bond donors (Lipinski definition) is 4. The van der Waals surface area contributed by atoms with Crippen LogP contribution in [0.25, 0.3) is 10.9 Å². The molecule has 2 aromatic carbocycles. The van der Waals surface area contributed by atoms with Crippen molar-refractivity contribution in [3.63, 3.8) is 0 Å². The third-order valence-electron chi connectivity index (χ3n) is 6.74. The lowest BCUT2D eigenvalue weighted by Crippen LogP contribution is -2.30. The smallest absolute Gasteiger partial charge is 0.259 e. The number of H-pyrrole nitrogens is 1. The first-order valence-corrected chi connectivity index (χ1v) is 12.8. The van der Waals surface area contributed by atoms with Crippen LogP contribution in [0.15, 0.2) is 60.9 Å². The number of carbonyl (C=O) groups is 1. The Morgan fingerprint density at radius 2 is 1.89 bits per heavy atom. The van der Waals surface area contributed by atoms with E-state index in [0.717, 1.165) is 53.8 Å². The molecule has 4 aromatic rings. The molecular formula is C29H34N6O2. The summed E-state index contributed by atoms with van der Waals surface area (Å²) in [6.45, 7) is 9.27. The number of nitrogens with zero attached hydrogens (tertiary/aromatic N) is 2. The van der Waals surface area contributed by atoms with Crippen molar-refractivity contribution in [2.45, 2.75) is 39.0 Å². The van der Waals surface area contributed by atoms with Crippen molar-refractivity contribution in [1.29, 1.82) is 0 Å². The molecule has 1 aliphatic rings. The van der Waals surface area contributed by atoms with Gasteiger partial charge in [0.25, 0.3) is 5.91 Å². The number of ether oxygens (including phenoxy) is 1. The topological polar surface area (TPSA) is 104 Å². The number of nitrogens with one attached hydrogen (secondary N) is 4. The zero-order chi connectivity index (χ0) is 25.8. The lowest BCUT2D eigenvalue weighted by Gasteiger charge is -2.27. The monoisotopic (exact) mass is 498 g/mol. The van der Waals surface area contributed by atoms with Gasteiger partial charge in [-0.3, -0.25) is 9.89 Å². The molecule has 37 heavy (non-hydrogen) atoms. The number of hydrogen-bond acceptors (Lipinski definition) is 6. The van der Waals surface area contributed by atoms with Gasteiger partial charge in [0, 0.05) is 29.0 Å². The van der Waals surface area contributed by atoms with Crippen LogP contribution < -0.4 is 20.7 Å². The Morgan fingerprint density at radius 1 is 1.08 bits per heavy atom. The minimum atomic E-state index is -0.244. The number of piperidine rings is 1. The summed E-state index contributed by atoms with van der Waals surface area (Å²) in [4.78, 5) is 17.8. The summed E-state index contributed by atoms with van der Waals surface area (Å²) in [6, 6.07) is 15.3. The van der Waals surface area contributed by atoms with Crippen LogP contribution in [0.4, 0.5) is 17.2 Å². The van der Waals surface area contributed by atoms with Crippen LogP contribution in [0.1, 0.15) is 49.5 Å². The fraction of sp³-hybridized carbons (Fsp3) is 0.345. The van der Waals surface area contributed by atoms with Crippen molar-refractivity contribution in [3.05, 3.63) is 72.1 Å². The predicted octanol–water partition coefficient (Wildman–Crippen LogP) is 5.63. The number of anilines is 3. The molecule has 0 aliphatic carbocycles. The van der Waals surface area contributed by atoms with Crippen molar-refractivity contribution < 1.29 is 9.53 Å². The van der Waals surface area contributed by atoms with Gasteiger partial charge in [-0.2, -0.15) is 5.10 Å². The van der Waals surface area contributed by atoms with E-state index in [2.05, 4.69) is 58.0 Å². The van der Waals surface area contributed by atoms with Crippen molar-refractivity contribution in [2.24, 2.45) is 5.92 Å². The van der Waals surface area contributed by atoms with Crippen LogP contribution in [0, 0.1) is 5.92 Å². The highest BCUT2D eigenvalue weighted by atomic mass is 16.5. The molecule has 1 saturated heterocycles. The Kier molecular flexibility index (Phi) is 7.10. The van der Waals surface area contributed by atoms with Crippen LogP contribution in [-0.4, -0.2) is 40.8 Å². The number of amides is 1. The first-order chi connectivity index (χ1) is 17.9. The van der Waals surface area contributed by atoms with E-state index in [9.17, 15) is 4.79 Å². The van der Waals surface area contributed by atoms with Crippen LogP contribution in [0.2, 0.25) is 0 Å². The van der Waals surface area contributed by atoms with Crippen LogP contribution >= 0.6 is 0 Å². The van der Waals surface area contributed by atoms with Crippen molar-refractivity contribution in [3.8, 4) is 5.75 Å². The number of fused-ring (bicyclic) bond motifs is 1. The first kappa shape index (κ1) is 24.8. The number of carbonyl (C=O) groups excluding carboxylic acids is 1. The maximum absolute atomic E-state index is 13.3. The Morgan fingerprint density at radius 3 is 2.70 bits per heavy atom. The summed E-state index contributed by atoms with van der Waals surface area (Å²) in [5, 5.41) is 17.8. The molecule has 1 aliphatic heterocycles. The fourth-order valence-corrected chi connectivity index (χ4v) is 4.63. The van der Waals surface area contributed by atoms with E-state index in [1.54, 1.807) is 24.5 Å². The van der Waals surface area contributed by atoms with Gasteiger partial charge in [0.2, 0.25) is 0 Å². The Labute approximate surface area is 217 Å². The van der Waals surface area contributed by atoms with E-state index in [-0.39, 0.29) is 11.3 Å². The number of aromatic nitrogens is 3. The first-order valence-electron chi connectivity index (χ1n) is 12.8. The van der Waals surface area contributed by atoms with Gasteiger partial charge in [-0.25, -0.2) is 4.98 Å². The van der Waals surface area contributed by atoms with Gasteiger partial charge in [0.05, 0.1) is 23.9 Å². The normalized spacial score (nSPS) is 14.5. The van der Waals surface area contributed by atoms with E-state index < -0.39 is 0 Å². The van der Waals surface area contributed by atoms with Gasteiger partial charge >= 0.3 is 0 Å². The van der Waals surface area contributed by atoms with Gasteiger partial charge in [-0.1, -0.05) is 26.8 Å². The van der Waals surface area contributed by atoms with Crippen molar-refractivity contribution in [2.75, 3.05) is 30.3 Å². The van der Waals surface area contributed by atoms with Gasteiger partial charge < -0.3 is 20.7 Å². The maximum atomic E-state index is 13.3. The highest BCUT2D eigenvalue weighted by Crippen LogP contribution is 2.34. The van der Waals surface area contributed by atoms with Crippen LogP contribution in [0.3, 0.4) is 0 Å². The summed E-state index contributed by atoms with van der Waals surface area (Å²) in [6.07, 6.45) is 5.67. The van der Waals surface area contributed by atoms with E-state index in [4.69, 9.17) is 4.74 Å². The minimum Gasteiger partial charge on any atom is -0.493 e. The molecule has 0 saturated carbocycles. The lowest BCUT2D eigenvalue weighted by molar-refractivity contribution is 0.102. The molecule has 1 amide bonds. The maximum Gasteiger partial charge on any atom is 0.259 e. The van der Waals surface area contributed by atoms with Gasteiger partial charge in [0.1, 0.15) is 11.6 Å². The summed E-state index contributed by atoms with van der Waals surface area (Å²) < 4.78 is 6.35. The molecule has 1 fully saturated rings. The number of rotatable bonds is 7. The van der Waals surface area contributed by atoms with Gasteiger partial charge in [-0.15, -0.1) is 0 Å². The molecular weight excluding hydrogens is 464 g/mol. The summed E-state index contributed by atoms with van der Waals surface area (Å²) in [5.74, 6) is 1.59. The fourth-order valence-electron chi connectivity index (χ4n) is 4.63. The summed E-state index contributed by atoms with van der Waals surface area (Å²) in [5.41, 5.74) is 3.89. The standard InChI is InChI=1S/C29H34N6O2/c1-29(2,3)24-9-8-22(16-26(24)37-18-19-10-13-30-14-11-19)34-28(36)23-5-4-12-31-27(23)33-21-7-6-20-17-32-35-25(20)15-21/h4-9,12,15-17,19,30H,10-11,13-14,18H2,1-3H3,(H,31,33)(H,32,35)(H,34,36). The highest BCUT2D eigenvalue weighted by molar-refractivity contribution is 6.08. The van der Waals surface area contributed by atoms with Gasteiger partial charge in [0.15, 0.2) is 0 Å². The molecule has 0 bridgehead atoms. The second-order valence-electron chi connectivity index (χ2n) is 10.6. The molecule has 0 unspecified atom stereocenters. The van der Waals surface area contributed by atoms with Crippen molar-refractivity contribution >= 4 is 34.0 Å². The number of benzene rings is 2. The second-order valence-corrected chi connectivity index (χ2v) is 10.6. The van der Waals surface area contributed by atoms with Crippen LogP contribution in [0.5, 0.6) is 5.75 Å². The van der Waals surface area contributed by atoms with E-state index in [0.29, 0.717) is 29.6 Å². The average molecular weight is 499 g/mol. The van der Waals surface area contributed by atoms with E-state index in [1.807, 2.05) is 30.3 Å². The molecule has 4 N–H and O–H groups in total. The molecule has 0 radical (unpaired) electrons. The summed E-state index contributed by atoms with van der Waals surface area (Å²) in [7, 11) is 0. The zero-order valence-corrected chi connectivity index (χ0v) is 21.6. The highest BCUT2D eigenvalue weighted by Gasteiger charge is 2.22. The van der Waals surface area contributed by atoms with Crippen molar-refractivity contribution in [1.82, 2.24) is 20.5 Å². The third-order valence-corrected chi connectivity index (χ3v) is 6.74. The van der Waals surface area contributed by atoms with E-state index >= 15 is 0 Å². The van der Waals surface area contributed by atoms with Gasteiger partial charge in [-0.05, 0) is 79.2 Å². The van der Waals surface area contributed by atoms with Crippen LogP contribution in [-0.2, 0) is 5.41 Å². The second kappa shape index (κ2) is 10.6. The molecule has 8 heteroatoms. The quantitative estimate of drug-likeness (QED) is 0.263. The predicted molar refractivity (Wildman–Crippen MR) is 148 cm³/mol. The molecule has 0 spiro atoms. The molecule has 5 rings (SSSR count). The average Bonchev–Trinajstić information content (AvgIpc) is 3.36. The van der Waals surface area contributed by atoms with E-state index in [1.165, 1.54) is 0 Å². The number of pyridine rings is 1. The Balaban J connectivity index is 1.34. The minimum absolute atomic E-state index is 0.0812. The molecule has 8 nitrogen and oxygen atoms in total. The molecule has 0 atom stereocenters. The lowest BCUT2D eigenvalue weighted by atomic mass is 9.86. The Bertz CT molecular complexity index is 1380. The SMILES string of the molecule is CC(C)(C)c1ccc(NC(=O)c2cccnc2Nc2ccc3cn[nH]c3c2)cc1OCC1CCNCC1. The molecule has 192 valence electrons.